The van der Waals surface area contributed by atoms with E-state index in [4.69, 9.17) is 9.47 Å². The third kappa shape index (κ3) is 4.04. The Hall–Kier alpha value is -2.57. The molecule has 0 saturated heterocycles. The average Bonchev–Trinajstić information content (AvgIpc) is 2.56. The number of ether oxygens (including phenoxy) is 2. The van der Waals surface area contributed by atoms with Crippen molar-refractivity contribution in [2.24, 2.45) is 5.92 Å². The van der Waals surface area contributed by atoms with Gasteiger partial charge in [-0.1, -0.05) is 13.8 Å². The van der Waals surface area contributed by atoms with Crippen molar-refractivity contribution >= 4 is 16.8 Å². The predicted octanol–water partition coefficient (Wildman–Crippen LogP) is 1.58. The summed E-state index contributed by atoms with van der Waals surface area (Å²) in [6.45, 7) is 4.71. The molecule has 130 valence electrons. The first-order valence-corrected chi connectivity index (χ1v) is 7.84. The smallest absolute Gasteiger partial charge is 0.261 e. The number of carbonyl (C=O) groups is 1. The maximum atomic E-state index is 12.6. The highest BCUT2D eigenvalue weighted by molar-refractivity contribution is 5.82. The molecule has 0 fully saturated rings. The van der Waals surface area contributed by atoms with Crippen LogP contribution >= 0.6 is 0 Å². The monoisotopic (exact) mass is 333 g/mol. The van der Waals surface area contributed by atoms with Gasteiger partial charge >= 0.3 is 0 Å². The van der Waals surface area contributed by atoms with E-state index in [-0.39, 0.29) is 18.0 Å². The third-order valence-electron chi connectivity index (χ3n) is 3.69. The number of rotatable bonds is 7. The van der Waals surface area contributed by atoms with E-state index in [1.54, 1.807) is 12.1 Å². The van der Waals surface area contributed by atoms with Crippen LogP contribution in [-0.4, -0.2) is 36.2 Å². The lowest BCUT2D eigenvalue weighted by Gasteiger charge is -2.11. The van der Waals surface area contributed by atoms with Crippen LogP contribution in [0.5, 0.6) is 11.5 Å². The topological polar surface area (TPSA) is 82.5 Å². The van der Waals surface area contributed by atoms with Crippen molar-refractivity contribution in [1.82, 2.24) is 14.9 Å². The number of nitrogens with zero attached hydrogens (tertiary/aromatic N) is 2. The Labute approximate surface area is 140 Å². The van der Waals surface area contributed by atoms with Crippen LogP contribution in [0, 0.1) is 5.92 Å². The zero-order valence-electron chi connectivity index (χ0n) is 14.5. The van der Waals surface area contributed by atoms with Crippen molar-refractivity contribution in [3.63, 3.8) is 0 Å². The fourth-order valence-corrected chi connectivity index (χ4v) is 2.31. The maximum Gasteiger partial charge on any atom is 0.261 e. The summed E-state index contributed by atoms with van der Waals surface area (Å²) in [6.07, 6.45) is 2.27. The Morgan fingerprint density at radius 1 is 1.25 bits per heavy atom. The van der Waals surface area contributed by atoms with Crippen molar-refractivity contribution in [2.45, 2.75) is 26.8 Å². The van der Waals surface area contributed by atoms with Crippen LogP contribution in [-0.2, 0) is 11.3 Å². The van der Waals surface area contributed by atoms with Gasteiger partial charge in [0.1, 0.15) is 6.54 Å². The van der Waals surface area contributed by atoms with Crippen molar-refractivity contribution in [2.75, 3.05) is 20.8 Å². The molecule has 0 radical (unpaired) electrons. The molecule has 7 heteroatoms. The molecule has 0 bridgehead atoms. The highest BCUT2D eigenvalue weighted by atomic mass is 16.5. The van der Waals surface area contributed by atoms with Gasteiger partial charge in [0.05, 0.1) is 31.4 Å². The second-order valence-electron chi connectivity index (χ2n) is 5.93. The molecular formula is C17H23N3O4. The molecule has 0 saturated carbocycles. The minimum absolute atomic E-state index is 0.0613. The number of carbonyl (C=O) groups excluding carboxylic acids is 1. The molecule has 0 spiro atoms. The molecule has 1 heterocycles. The zero-order valence-corrected chi connectivity index (χ0v) is 14.5. The molecule has 1 N–H and O–H groups in total. The molecule has 1 aromatic carbocycles. The van der Waals surface area contributed by atoms with Gasteiger partial charge in [-0.05, 0) is 18.4 Å². The van der Waals surface area contributed by atoms with Crippen molar-refractivity contribution in [3.05, 3.63) is 28.8 Å². The molecule has 0 unspecified atom stereocenters. The fraction of sp³-hybridized carbons (Fsp3) is 0.471. The number of nitrogens with one attached hydrogen (secondary N) is 1. The largest absolute Gasteiger partial charge is 0.493 e. The highest BCUT2D eigenvalue weighted by Gasteiger charge is 2.12. The number of aromatic nitrogens is 2. The second kappa shape index (κ2) is 7.81. The zero-order chi connectivity index (χ0) is 17.7. The molecule has 24 heavy (non-hydrogen) atoms. The molecule has 1 amide bonds. The van der Waals surface area contributed by atoms with E-state index >= 15 is 0 Å². The Morgan fingerprint density at radius 2 is 1.92 bits per heavy atom. The highest BCUT2D eigenvalue weighted by Crippen LogP contribution is 2.29. The van der Waals surface area contributed by atoms with Crippen molar-refractivity contribution in [1.29, 1.82) is 0 Å². The van der Waals surface area contributed by atoms with E-state index in [9.17, 15) is 9.59 Å². The lowest BCUT2D eigenvalue weighted by atomic mass is 10.1. The van der Waals surface area contributed by atoms with Crippen LogP contribution in [0.3, 0.4) is 0 Å². The number of hydrogen-bond acceptors (Lipinski definition) is 5. The third-order valence-corrected chi connectivity index (χ3v) is 3.69. The fourth-order valence-electron chi connectivity index (χ4n) is 2.31. The summed E-state index contributed by atoms with van der Waals surface area (Å²) in [4.78, 5) is 28.8. The molecule has 7 nitrogen and oxygen atoms in total. The molecule has 0 aliphatic heterocycles. The van der Waals surface area contributed by atoms with Gasteiger partial charge in [-0.25, -0.2) is 4.98 Å². The minimum atomic E-state index is -0.292. The molecule has 2 aromatic rings. The van der Waals surface area contributed by atoms with Gasteiger partial charge in [0.25, 0.3) is 5.56 Å². The maximum absolute atomic E-state index is 12.6. The van der Waals surface area contributed by atoms with E-state index in [1.165, 1.54) is 25.1 Å². The molecule has 0 aliphatic carbocycles. The Bertz CT molecular complexity index is 783. The van der Waals surface area contributed by atoms with Gasteiger partial charge in [-0.2, -0.15) is 0 Å². The Kier molecular flexibility index (Phi) is 5.78. The quantitative estimate of drug-likeness (QED) is 0.832. The average molecular weight is 333 g/mol. The SMILES string of the molecule is COc1cc2ncn(CC(=O)NCCC(C)C)c(=O)c2cc1OC. The number of amides is 1. The van der Waals surface area contributed by atoms with E-state index < -0.39 is 0 Å². The van der Waals surface area contributed by atoms with Gasteiger partial charge in [0, 0.05) is 12.6 Å². The van der Waals surface area contributed by atoms with E-state index in [1.807, 2.05) is 0 Å². The van der Waals surface area contributed by atoms with Crippen LogP contribution in [0.15, 0.2) is 23.3 Å². The molecule has 1 aromatic heterocycles. The first-order chi connectivity index (χ1) is 11.5. The normalized spacial score (nSPS) is 10.9. The van der Waals surface area contributed by atoms with Crippen molar-refractivity contribution in [3.8, 4) is 11.5 Å². The van der Waals surface area contributed by atoms with Gasteiger partial charge in [-0.15, -0.1) is 0 Å². The number of fused-ring (bicyclic) bond motifs is 1. The van der Waals surface area contributed by atoms with Crippen LogP contribution in [0.4, 0.5) is 0 Å². The van der Waals surface area contributed by atoms with Crippen LogP contribution in [0.25, 0.3) is 10.9 Å². The number of hydrogen-bond donors (Lipinski definition) is 1. The summed E-state index contributed by atoms with van der Waals surface area (Å²) in [5, 5.41) is 3.19. The van der Waals surface area contributed by atoms with Gasteiger partial charge < -0.3 is 14.8 Å². The van der Waals surface area contributed by atoms with Crippen LogP contribution < -0.4 is 20.3 Å². The number of benzene rings is 1. The van der Waals surface area contributed by atoms with Gasteiger partial charge in [0.2, 0.25) is 5.91 Å². The molecule has 0 atom stereocenters. The Morgan fingerprint density at radius 3 is 2.54 bits per heavy atom. The molecular weight excluding hydrogens is 310 g/mol. The lowest BCUT2D eigenvalue weighted by Crippen LogP contribution is -2.33. The predicted molar refractivity (Wildman–Crippen MR) is 91.6 cm³/mol. The Balaban J connectivity index is 2.24. The van der Waals surface area contributed by atoms with Crippen molar-refractivity contribution < 1.29 is 14.3 Å². The van der Waals surface area contributed by atoms with E-state index in [2.05, 4.69) is 24.1 Å². The summed E-state index contributed by atoms with van der Waals surface area (Å²) < 4.78 is 11.7. The van der Waals surface area contributed by atoms with Crippen LogP contribution in [0.1, 0.15) is 20.3 Å². The summed E-state index contributed by atoms with van der Waals surface area (Å²) >= 11 is 0. The van der Waals surface area contributed by atoms with E-state index in [0.717, 1.165) is 6.42 Å². The minimum Gasteiger partial charge on any atom is -0.493 e. The van der Waals surface area contributed by atoms with E-state index in [0.29, 0.717) is 34.9 Å². The first-order valence-electron chi connectivity index (χ1n) is 7.84. The summed E-state index contributed by atoms with van der Waals surface area (Å²) in [5.41, 5.74) is 0.203. The molecule has 0 aliphatic rings. The van der Waals surface area contributed by atoms with Gasteiger partial charge in [0.15, 0.2) is 11.5 Å². The lowest BCUT2D eigenvalue weighted by molar-refractivity contribution is -0.121. The summed E-state index contributed by atoms with van der Waals surface area (Å²) in [7, 11) is 3.02. The van der Waals surface area contributed by atoms with Crippen LogP contribution in [0.2, 0.25) is 0 Å². The molecule has 2 rings (SSSR count). The second-order valence-corrected chi connectivity index (χ2v) is 5.93. The summed E-state index contributed by atoms with van der Waals surface area (Å²) in [6, 6.07) is 3.22. The number of methoxy groups -OCH3 is 2. The standard InChI is InChI=1S/C17H23N3O4/c1-11(2)5-6-18-16(21)9-20-10-19-13-8-15(24-4)14(23-3)7-12(13)17(20)22/h7-8,10-11H,5-6,9H2,1-4H3,(H,18,21). The van der Waals surface area contributed by atoms with Gasteiger partial charge in [-0.3, -0.25) is 14.2 Å². The summed E-state index contributed by atoms with van der Waals surface area (Å²) in [5.74, 6) is 1.25. The first kappa shape index (κ1) is 17.8.